The molecule has 0 aliphatic heterocycles. The van der Waals surface area contributed by atoms with Crippen molar-refractivity contribution >= 4 is 28.5 Å². The number of anilines is 1. The molecule has 0 radical (unpaired) electrons. The van der Waals surface area contributed by atoms with E-state index in [1.54, 1.807) is 26.8 Å². The number of nitrogens with one attached hydrogen (secondary N) is 4. The molecular weight excluding hydrogens is 410 g/mol. The fraction of sp³-hybridized carbons (Fsp3) is 0.227. The third-order valence-corrected chi connectivity index (χ3v) is 5.22. The highest BCUT2D eigenvalue weighted by atomic mass is 16.2. The molecule has 0 bridgehead atoms. The Bertz CT molecular complexity index is 1380. The third-order valence-electron chi connectivity index (χ3n) is 5.22. The van der Waals surface area contributed by atoms with E-state index < -0.39 is 11.8 Å². The van der Waals surface area contributed by atoms with Gasteiger partial charge in [0.05, 0.1) is 5.69 Å². The van der Waals surface area contributed by atoms with Gasteiger partial charge in [-0.1, -0.05) is 18.2 Å². The highest BCUT2D eigenvalue weighted by molar-refractivity contribution is 6.39. The van der Waals surface area contributed by atoms with Gasteiger partial charge in [-0.25, -0.2) is 4.98 Å². The van der Waals surface area contributed by atoms with Gasteiger partial charge >= 0.3 is 11.8 Å². The van der Waals surface area contributed by atoms with Crippen LogP contribution in [0.25, 0.3) is 16.9 Å². The standard InChI is InChI=1S/C22H23N7O3/c1-12-10-18(29(28-12)22-25-14(3)13(2)19(30)27-22)26-21(32)20(31)23-9-8-15-11-24-17-7-5-4-6-16(15)17/h4-7,10-11,24H,8-9H2,1-3H3,(H,23,31)(H,26,32)(H,25,27,30). The minimum absolute atomic E-state index is 0.154. The van der Waals surface area contributed by atoms with Crippen LogP contribution in [-0.4, -0.2) is 43.1 Å². The van der Waals surface area contributed by atoms with Crippen molar-refractivity contribution in [3.8, 4) is 5.95 Å². The molecule has 0 saturated carbocycles. The maximum atomic E-state index is 12.4. The van der Waals surface area contributed by atoms with Gasteiger partial charge in [0, 0.05) is 41.0 Å². The molecular formula is C22H23N7O3. The van der Waals surface area contributed by atoms with Crippen molar-refractivity contribution in [1.82, 2.24) is 30.0 Å². The van der Waals surface area contributed by atoms with Crippen LogP contribution in [0.3, 0.4) is 0 Å². The third kappa shape index (κ3) is 4.15. The number of para-hydroxylation sites is 1. The zero-order valence-electron chi connectivity index (χ0n) is 17.9. The molecule has 0 unspecified atom stereocenters. The molecule has 0 saturated heterocycles. The molecule has 4 aromatic rings. The molecule has 164 valence electrons. The quantitative estimate of drug-likeness (QED) is 0.355. The predicted molar refractivity (Wildman–Crippen MR) is 120 cm³/mol. The number of benzene rings is 1. The van der Waals surface area contributed by atoms with Gasteiger partial charge in [-0.3, -0.25) is 19.4 Å². The smallest absolute Gasteiger partial charge is 0.314 e. The molecule has 10 heteroatoms. The molecule has 32 heavy (non-hydrogen) atoms. The highest BCUT2D eigenvalue weighted by Gasteiger charge is 2.18. The molecule has 3 aromatic heterocycles. The Balaban J connectivity index is 1.43. The number of fused-ring (bicyclic) bond motifs is 1. The van der Waals surface area contributed by atoms with Gasteiger partial charge in [0.15, 0.2) is 0 Å². The zero-order chi connectivity index (χ0) is 22.8. The van der Waals surface area contributed by atoms with Crippen molar-refractivity contribution in [3.05, 3.63) is 69.4 Å². The number of rotatable bonds is 5. The summed E-state index contributed by atoms with van der Waals surface area (Å²) < 4.78 is 1.29. The van der Waals surface area contributed by atoms with Crippen LogP contribution in [-0.2, 0) is 16.0 Å². The van der Waals surface area contributed by atoms with Gasteiger partial charge < -0.3 is 15.6 Å². The summed E-state index contributed by atoms with van der Waals surface area (Å²) >= 11 is 0. The lowest BCUT2D eigenvalue weighted by Crippen LogP contribution is -2.37. The lowest BCUT2D eigenvalue weighted by Gasteiger charge is -2.09. The molecule has 0 aliphatic carbocycles. The number of carbonyl (C=O) groups excluding carboxylic acids is 2. The summed E-state index contributed by atoms with van der Waals surface area (Å²) in [6.45, 7) is 5.41. The first-order valence-corrected chi connectivity index (χ1v) is 10.1. The van der Waals surface area contributed by atoms with Gasteiger partial charge in [0.2, 0.25) is 5.95 Å². The number of hydrogen-bond donors (Lipinski definition) is 4. The number of aromatic amines is 2. The Kier molecular flexibility index (Phi) is 5.59. The SMILES string of the molecule is Cc1cc(NC(=O)C(=O)NCCc2c[nH]c3ccccc23)n(-c2nc(C)c(C)c(=O)[nH]2)n1. The first-order valence-electron chi connectivity index (χ1n) is 10.1. The molecule has 3 heterocycles. The van der Waals surface area contributed by atoms with Crippen LogP contribution in [0.2, 0.25) is 0 Å². The van der Waals surface area contributed by atoms with Crippen molar-refractivity contribution in [2.24, 2.45) is 0 Å². The molecule has 4 rings (SSSR count). The van der Waals surface area contributed by atoms with E-state index >= 15 is 0 Å². The van der Waals surface area contributed by atoms with Gasteiger partial charge in [0.1, 0.15) is 5.82 Å². The lowest BCUT2D eigenvalue weighted by molar-refractivity contribution is -0.136. The van der Waals surface area contributed by atoms with Crippen LogP contribution >= 0.6 is 0 Å². The average Bonchev–Trinajstić information content (AvgIpc) is 3.34. The topological polar surface area (TPSA) is 138 Å². The Hall–Kier alpha value is -4.21. The zero-order valence-corrected chi connectivity index (χ0v) is 17.9. The van der Waals surface area contributed by atoms with Crippen molar-refractivity contribution in [2.75, 3.05) is 11.9 Å². The number of aromatic nitrogens is 5. The van der Waals surface area contributed by atoms with Crippen LogP contribution in [0.15, 0.2) is 41.3 Å². The predicted octanol–water partition coefficient (Wildman–Crippen LogP) is 1.66. The van der Waals surface area contributed by atoms with Crippen LogP contribution < -0.4 is 16.2 Å². The van der Waals surface area contributed by atoms with Crippen LogP contribution in [0, 0.1) is 20.8 Å². The second-order valence-electron chi connectivity index (χ2n) is 7.50. The fourth-order valence-corrected chi connectivity index (χ4v) is 3.38. The van der Waals surface area contributed by atoms with E-state index in [0.717, 1.165) is 16.5 Å². The number of H-pyrrole nitrogens is 2. The summed E-state index contributed by atoms with van der Waals surface area (Å²) in [5, 5.41) is 10.5. The fourth-order valence-electron chi connectivity index (χ4n) is 3.38. The van der Waals surface area contributed by atoms with E-state index in [1.807, 2.05) is 30.5 Å². The minimum atomic E-state index is -0.837. The van der Waals surface area contributed by atoms with Crippen LogP contribution in [0.1, 0.15) is 22.5 Å². The van der Waals surface area contributed by atoms with Crippen molar-refractivity contribution in [2.45, 2.75) is 27.2 Å². The molecule has 0 atom stereocenters. The van der Waals surface area contributed by atoms with E-state index in [2.05, 4.69) is 30.7 Å². The molecule has 0 spiro atoms. The molecule has 0 fully saturated rings. The van der Waals surface area contributed by atoms with Crippen LogP contribution in [0.4, 0.5) is 5.82 Å². The van der Waals surface area contributed by atoms with Gasteiger partial charge in [-0.15, -0.1) is 0 Å². The summed E-state index contributed by atoms with van der Waals surface area (Å²) in [7, 11) is 0. The van der Waals surface area contributed by atoms with Crippen molar-refractivity contribution in [3.63, 3.8) is 0 Å². The normalized spacial score (nSPS) is 11.0. The Morgan fingerprint density at radius 3 is 2.69 bits per heavy atom. The Labute approximate surface area is 183 Å². The van der Waals surface area contributed by atoms with Crippen molar-refractivity contribution < 1.29 is 9.59 Å². The summed E-state index contributed by atoms with van der Waals surface area (Å²) in [5.41, 5.74) is 3.41. The summed E-state index contributed by atoms with van der Waals surface area (Å²) in [5.74, 6) is -1.22. The Morgan fingerprint density at radius 2 is 1.91 bits per heavy atom. The van der Waals surface area contributed by atoms with Crippen LogP contribution in [0.5, 0.6) is 0 Å². The Morgan fingerprint density at radius 1 is 1.12 bits per heavy atom. The van der Waals surface area contributed by atoms with Gasteiger partial charge in [-0.05, 0) is 38.8 Å². The van der Waals surface area contributed by atoms with E-state index in [9.17, 15) is 14.4 Å². The average molecular weight is 433 g/mol. The molecule has 4 N–H and O–H groups in total. The number of carbonyl (C=O) groups is 2. The van der Waals surface area contributed by atoms with E-state index in [4.69, 9.17) is 0 Å². The summed E-state index contributed by atoms with van der Waals surface area (Å²) in [4.78, 5) is 47.0. The number of hydrogen-bond acceptors (Lipinski definition) is 5. The first-order chi connectivity index (χ1) is 15.3. The second-order valence-corrected chi connectivity index (χ2v) is 7.50. The molecule has 1 aromatic carbocycles. The maximum absolute atomic E-state index is 12.4. The van der Waals surface area contributed by atoms with E-state index in [1.165, 1.54) is 4.68 Å². The molecule has 2 amide bonds. The highest BCUT2D eigenvalue weighted by Crippen LogP contribution is 2.18. The van der Waals surface area contributed by atoms with E-state index in [0.29, 0.717) is 29.9 Å². The number of aryl methyl sites for hydroxylation is 2. The van der Waals surface area contributed by atoms with Crippen molar-refractivity contribution in [1.29, 1.82) is 0 Å². The second kappa shape index (κ2) is 8.50. The summed E-state index contributed by atoms with van der Waals surface area (Å²) in [6.07, 6.45) is 2.48. The van der Waals surface area contributed by atoms with Gasteiger partial charge in [0.25, 0.3) is 5.56 Å². The lowest BCUT2D eigenvalue weighted by atomic mass is 10.1. The monoisotopic (exact) mass is 433 g/mol. The number of nitrogens with zero attached hydrogens (tertiary/aromatic N) is 3. The number of amides is 2. The summed E-state index contributed by atoms with van der Waals surface area (Å²) in [6, 6.07) is 9.48. The minimum Gasteiger partial charge on any atom is -0.361 e. The largest absolute Gasteiger partial charge is 0.361 e. The van der Waals surface area contributed by atoms with E-state index in [-0.39, 0.29) is 17.3 Å². The molecule has 10 nitrogen and oxygen atoms in total. The maximum Gasteiger partial charge on any atom is 0.314 e. The molecule has 0 aliphatic rings. The van der Waals surface area contributed by atoms with Gasteiger partial charge in [-0.2, -0.15) is 9.78 Å². The first kappa shape index (κ1) is 21.0.